The SMILES string of the molecule is CCNCc1ncc(-c2csc(Br)c2)o1. The van der Waals surface area contributed by atoms with Crippen molar-refractivity contribution in [2.24, 2.45) is 0 Å². The number of nitrogens with zero attached hydrogens (tertiary/aromatic N) is 1. The first-order valence-corrected chi connectivity index (χ1v) is 6.36. The lowest BCUT2D eigenvalue weighted by molar-refractivity contribution is 0.482. The van der Waals surface area contributed by atoms with E-state index in [1.54, 1.807) is 17.5 Å². The summed E-state index contributed by atoms with van der Waals surface area (Å²) in [5.41, 5.74) is 1.07. The van der Waals surface area contributed by atoms with Crippen molar-refractivity contribution >= 4 is 27.3 Å². The molecular formula is C10H11BrN2OS. The molecule has 0 fully saturated rings. The molecule has 2 heterocycles. The van der Waals surface area contributed by atoms with Crippen molar-refractivity contribution in [2.75, 3.05) is 6.54 Å². The monoisotopic (exact) mass is 286 g/mol. The van der Waals surface area contributed by atoms with Crippen molar-refractivity contribution in [3.63, 3.8) is 0 Å². The summed E-state index contributed by atoms with van der Waals surface area (Å²) in [6.45, 7) is 3.66. The minimum absolute atomic E-state index is 0.682. The van der Waals surface area contributed by atoms with Crippen molar-refractivity contribution in [1.82, 2.24) is 10.3 Å². The Morgan fingerprint density at radius 1 is 1.60 bits per heavy atom. The van der Waals surface area contributed by atoms with Crippen LogP contribution < -0.4 is 5.32 Å². The molecule has 0 aliphatic rings. The highest BCUT2D eigenvalue weighted by molar-refractivity contribution is 9.11. The van der Waals surface area contributed by atoms with Crippen molar-refractivity contribution in [3.8, 4) is 11.3 Å². The van der Waals surface area contributed by atoms with Crippen LogP contribution in [0.2, 0.25) is 0 Å². The fourth-order valence-corrected chi connectivity index (χ4v) is 2.34. The quantitative estimate of drug-likeness (QED) is 0.937. The summed E-state index contributed by atoms with van der Waals surface area (Å²) in [5.74, 6) is 1.55. The highest BCUT2D eigenvalue weighted by Crippen LogP contribution is 2.29. The van der Waals surface area contributed by atoms with Crippen LogP contribution >= 0.6 is 27.3 Å². The molecule has 0 unspecified atom stereocenters. The fraction of sp³-hybridized carbons (Fsp3) is 0.300. The smallest absolute Gasteiger partial charge is 0.208 e. The van der Waals surface area contributed by atoms with Gasteiger partial charge in [0.05, 0.1) is 16.5 Å². The largest absolute Gasteiger partial charge is 0.439 e. The van der Waals surface area contributed by atoms with E-state index in [2.05, 4.69) is 33.2 Å². The standard InChI is InChI=1S/C10H11BrN2OS/c1-2-12-5-10-13-4-8(14-10)7-3-9(11)15-6-7/h3-4,6,12H,2,5H2,1H3. The number of nitrogens with one attached hydrogen (secondary N) is 1. The third-order valence-corrected chi connectivity index (χ3v) is 3.44. The van der Waals surface area contributed by atoms with Gasteiger partial charge in [-0.3, -0.25) is 0 Å². The zero-order valence-electron chi connectivity index (χ0n) is 8.29. The molecule has 5 heteroatoms. The molecule has 0 aromatic carbocycles. The average Bonchev–Trinajstić information content (AvgIpc) is 2.83. The molecule has 2 rings (SSSR count). The zero-order chi connectivity index (χ0) is 10.7. The molecule has 0 amide bonds. The first kappa shape index (κ1) is 10.9. The van der Waals surface area contributed by atoms with E-state index >= 15 is 0 Å². The van der Waals surface area contributed by atoms with Crippen molar-refractivity contribution in [1.29, 1.82) is 0 Å². The number of oxazole rings is 1. The van der Waals surface area contributed by atoms with E-state index in [-0.39, 0.29) is 0 Å². The third-order valence-electron chi connectivity index (χ3n) is 1.93. The molecular weight excluding hydrogens is 276 g/mol. The van der Waals surface area contributed by atoms with Crippen LogP contribution in [0.1, 0.15) is 12.8 Å². The summed E-state index contributed by atoms with van der Waals surface area (Å²) in [6.07, 6.45) is 1.77. The van der Waals surface area contributed by atoms with Gasteiger partial charge in [0.15, 0.2) is 5.76 Å². The van der Waals surface area contributed by atoms with Gasteiger partial charge in [-0.15, -0.1) is 11.3 Å². The average molecular weight is 287 g/mol. The Balaban J connectivity index is 2.13. The van der Waals surface area contributed by atoms with E-state index in [0.29, 0.717) is 6.54 Å². The van der Waals surface area contributed by atoms with Gasteiger partial charge in [0.1, 0.15) is 0 Å². The van der Waals surface area contributed by atoms with Gasteiger partial charge in [-0.25, -0.2) is 4.98 Å². The molecule has 0 saturated carbocycles. The van der Waals surface area contributed by atoms with Gasteiger partial charge in [-0.05, 0) is 28.5 Å². The number of halogens is 1. The van der Waals surface area contributed by atoms with Crippen LogP contribution in [0.15, 0.2) is 25.8 Å². The molecule has 1 N–H and O–H groups in total. The minimum Gasteiger partial charge on any atom is -0.439 e. The maximum absolute atomic E-state index is 5.60. The van der Waals surface area contributed by atoms with Crippen LogP contribution in [0.4, 0.5) is 0 Å². The van der Waals surface area contributed by atoms with Crippen LogP contribution in [0.5, 0.6) is 0 Å². The van der Waals surface area contributed by atoms with Crippen molar-refractivity contribution < 1.29 is 4.42 Å². The minimum atomic E-state index is 0.682. The molecule has 0 bridgehead atoms. The molecule has 3 nitrogen and oxygen atoms in total. The second-order valence-corrected chi connectivity index (χ2v) is 5.33. The molecule has 0 aliphatic carbocycles. The maximum Gasteiger partial charge on any atom is 0.208 e. The second-order valence-electron chi connectivity index (χ2n) is 3.04. The summed E-state index contributed by atoms with van der Waals surface area (Å²) in [6, 6.07) is 2.03. The molecule has 0 aliphatic heterocycles. The molecule has 0 spiro atoms. The lowest BCUT2D eigenvalue weighted by atomic mass is 10.3. The Labute approximate surface area is 101 Å². The lowest BCUT2D eigenvalue weighted by Crippen LogP contribution is -2.11. The maximum atomic E-state index is 5.60. The van der Waals surface area contributed by atoms with Crippen LogP contribution in [-0.4, -0.2) is 11.5 Å². The van der Waals surface area contributed by atoms with Crippen LogP contribution in [0, 0.1) is 0 Å². The van der Waals surface area contributed by atoms with Gasteiger partial charge >= 0.3 is 0 Å². The number of thiophene rings is 1. The van der Waals surface area contributed by atoms with E-state index in [4.69, 9.17) is 4.42 Å². The highest BCUT2D eigenvalue weighted by Gasteiger charge is 2.07. The van der Waals surface area contributed by atoms with Crippen LogP contribution in [0.25, 0.3) is 11.3 Å². The Morgan fingerprint density at radius 2 is 2.47 bits per heavy atom. The summed E-state index contributed by atoms with van der Waals surface area (Å²) in [7, 11) is 0. The van der Waals surface area contributed by atoms with Gasteiger partial charge in [-0.1, -0.05) is 6.92 Å². The summed E-state index contributed by atoms with van der Waals surface area (Å²) in [4.78, 5) is 4.20. The second kappa shape index (κ2) is 4.92. The summed E-state index contributed by atoms with van der Waals surface area (Å²) >= 11 is 5.06. The van der Waals surface area contributed by atoms with Gasteiger partial charge < -0.3 is 9.73 Å². The molecule has 2 aromatic rings. The van der Waals surface area contributed by atoms with Crippen molar-refractivity contribution in [2.45, 2.75) is 13.5 Å². The third kappa shape index (κ3) is 2.68. The molecule has 2 aromatic heterocycles. The van der Waals surface area contributed by atoms with Gasteiger partial charge in [0.25, 0.3) is 0 Å². The summed E-state index contributed by atoms with van der Waals surface area (Å²) < 4.78 is 6.70. The Morgan fingerprint density at radius 3 is 3.13 bits per heavy atom. The van der Waals surface area contributed by atoms with E-state index in [0.717, 1.165) is 27.5 Å². The number of rotatable bonds is 4. The topological polar surface area (TPSA) is 38.1 Å². The van der Waals surface area contributed by atoms with Gasteiger partial charge in [-0.2, -0.15) is 0 Å². The van der Waals surface area contributed by atoms with Gasteiger partial charge in [0.2, 0.25) is 5.89 Å². The number of hydrogen-bond acceptors (Lipinski definition) is 4. The number of aromatic nitrogens is 1. The lowest BCUT2D eigenvalue weighted by Gasteiger charge is -1.94. The normalized spacial score (nSPS) is 10.8. The Kier molecular flexibility index (Phi) is 3.56. The molecule has 0 saturated heterocycles. The fourth-order valence-electron chi connectivity index (χ4n) is 1.20. The van der Waals surface area contributed by atoms with E-state index < -0.39 is 0 Å². The highest BCUT2D eigenvalue weighted by atomic mass is 79.9. The predicted octanol–water partition coefficient (Wildman–Crippen LogP) is 3.28. The summed E-state index contributed by atoms with van der Waals surface area (Å²) in [5, 5.41) is 5.21. The molecule has 0 radical (unpaired) electrons. The molecule has 15 heavy (non-hydrogen) atoms. The zero-order valence-corrected chi connectivity index (χ0v) is 10.7. The van der Waals surface area contributed by atoms with Crippen LogP contribution in [0.3, 0.4) is 0 Å². The first-order chi connectivity index (χ1) is 7.29. The Hall–Kier alpha value is -0.650. The Bertz CT molecular complexity index is 438. The predicted molar refractivity (Wildman–Crippen MR) is 64.9 cm³/mol. The van der Waals surface area contributed by atoms with E-state index in [1.165, 1.54) is 0 Å². The molecule has 0 atom stereocenters. The molecule has 80 valence electrons. The van der Waals surface area contributed by atoms with Crippen molar-refractivity contribution in [3.05, 3.63) is 27.3 Å². The van der Waals surface area contributed by atoms with E-state index in [9.17, 15) is 0 Å². The van der Waals surface area contributed by atoms with E-state index in [1.807, 2.05) is 11.4 Å². The number of hydrogen-bond donors (Lipinski definition) is 1. The van der Waals surface area contributed by atoms with Gasteiger partial charge in [0, 0.05) is 10.9 Å². The van der Waals surface area contributed by atoms with Crippen LogP contribution in [-0.2, 0) is 6.54 Å². The first-order valence-electron chi connectivity index (χ1n) is 4.69.